The number of thioether (sulfide) groups is 1. The second-order valence-electron chi connectivity index (χ2n) is 4.48. The van der Waals surface area contributed by atoms with Crippen LogP contribution in [0.5, 0.6) is 0 Å². The Morgan fingerprint density at radius 3 is 2.62 bits per heavy atom. The highest BCUT2D eigenvalue weighted by Crippen LogP contribution is 2.30. The molecule has 0 bridgehead atoms. The van der Waals surface area contributed by atoms with Crippen molar-refractivity contribution in [2.75, 3.05) is 11.5 Å². The third-order valence-corrected chi connectivity index (χ3v) is 4.39. The predicted octanol–water partition coefficient (Wildman–Crippen LogP) is 3.42. The van der Waals surface area contributed by atoms with Crippen LogP contribution in [-0.4, -0.2) is 16.5 Å². The van der Waals surface area contributed by atoms with Crippen molar-refractivity contribution in [2.45, 2.75) is 31.3 Å². The van der Waals surface area contributed by atoms with Gasteiger partial charge in [-0.05, 0) is 31.0 Å². The van der Waals surface area contributed by atoms with Gasteiger partial charge in [0.2, 0.25) is 0 Å². The Hall–Kier alpha value is -0.380. The van der Waals surface area contributed by atoms with Crippen LogP contribution in [0.15, 0.2) is 23.1 Å². The van der Waals surface area contributed by atoms with E-state index >= 15 is 0 Å². The second-order valence-corrected chi connectivity index (χ2v) is 5.94. The molecule has 0 fully saturated rings. The summed E-state index contributed by atoms with van der Waals surface area (Å²) in [6, 6.07) is 5.54. The molecule has 0 spiro atoms. The molecule has 4 heteroatoms. The van der Waals surface area contributed by atoms with Gasteiger partial charge in [-0.1, -0.05) is 25.4 Å². The molecule has 0 saturated heterocycles. The van der Waals surface area contributed by atoms with Crippen LogP contribution in [0.3, 0.4) is 0 Å². The number of hydrogen-bond acceptors (Lipinski definition) is 3. The second kappa shape index (κ2) is 5.30. The lowest BCUT2D eigenvalue weighted by molar-refractivity contribution is 0.0376. The SMILES string of the molecule is CC(C)C(C)(O)CSc1ccc(N)c(Cl)c1. The Morgan fingerprint density at radius 2 is 2.12 bits per heavy atom. The normalized spacial score (nSPS) is 15.1. The van der Waals surface area contributed by atoms with Gasteiger partial charge in [0, 0.05) is 10.6 Å². The first-order chi connectivity index (χ1) is 7.33. The van der Waals surface area contributed by atoms with Crippen molar-refractivity contribution in [3.63, 3.8) is 0 Å². The minimum atomic E-state index is -0.668. The Bertz CT molecular complexity index is 366. The summed E-state index contributed by atoms with van der Waals surface area (Å²) in [7, 11) is 0. The van der Waals surface area contributed by atoms with Crippen LogP contribution in [0.4, 0.5) is 5.69 Å². The van der Waals surface area contributed by atoms with E-state index in [0.717, 1.165) is 4.90 Å². The Morgan fingerprint density at radius 1 is 1.50 bits per heavy atom. The van der Waals surface area contributed by atoms with E-state index in [1.54, 1.807) is 17.8 Å². The molecule has 0 saturated carbocycles. The van der Waals surface area contributed by atoms with Crippen molar-refractivity contribution in [3.05, 3.63) is 23.2 Å². The fourth-order valence-electron chi connectivity index (χ4n) is 0.994. The van der Waals surface area contributed by atoms with E-state index in [0.29, 0.717) is 16.5 Å². The van der Waals surface area contributed by atoms with Gasteiger partial charge in [-0.2, -0.15) is 0 Å². The van der Waals surface area contributed by atoms with Crippen molar-refractivity contribution in [1.82, 2.24) is 0 Å². The third kappa shape index (κ3) is 3.58. The summed E-state index contributed by atoms with van der Waals surface area (Å²) in [4.78, 5) is 1.03. The monoisotopic (exact) mass is 259 g/mol. The molecule has 0 aliphatic rings. The van der Waals surface area contributed by atoms with E-state index in [9.17, 15) is 5.11 Å². The van der Waals surface area contributed by atoms with Crippen LogP contribution in [0.25, 0.3) is 0 Å². The average molecular weight is 260 g/mol. The maximum Gasteiger partial charge on any atom is 0.0736 e. The molecule has 90 valence electrons. The highest BCUT2D eigenvalue weighted by Gasteiger charge is 2.24. The van der Waals surface area contributed by atoms with Crippen molar-refractivity contribution >= 4 is 29.1 Å². The third-order valence-electron chi connectivity index (χ3n) is 2.75. The molecule has 0 aliphatic heterocycles. The van der Waals surface area contributed by atoms with Crippen LogP contribution < -0.4 is 5.73 Å². The van der Waals surface area contributed by atoms with Crippen LogP contribution in [-0.2, 0) is 0 Å². The number of benzene rings is 1. The van der Waals surface area contributed by atoms with Gasteiger partial charge in [-0.15, -0.1) is 11.8 Å². The molecule has 1 atom stereocenters. The molecule has 1 aromatic carbocycles. The Balaban J connectivity index is 2.65. The molecule has 3 N–H and O–H groups in total. The maximum atomic E-state index is 10.1. The van der Waals surface area contributed by atoms with E-state index < -0.39 is 5.60 Å². The van der Waals surface area contributed by atoms with E-state index in [1.807, 2.05) is 32.9 Å². The summed E-state index contributed by atoms with van der Waals surface area (Å²) in [5, 5.41) is 10.7. The van der Waals surface area contributed by atoms with Gasteiger partial charge >= 0.3 is 0 Å². The fourth-order valence-corrected chi connectivity index (χ4v) is 2.40. The van der Waals surface area contributed by atoms with Crippen molar-refractivity contribution in [2.24, 2.45) is 5.92 Å². The summed E-state index contributed by atoms with van der Waals surface area (Å²) in [6.07, 6.45) is 0. The number of nitrogen functional groups attached to an aromatic ring is 1. The number of nitrogens with two attached hydrogens (primary N) is 1. The Labute approximate surface area is 106 Å². The predicted molar refractivity (Wildman–Crippen MR) is 72.1 cm³/mol. The summed E-state index contributed by atoms with van der Waals surface area (Å²) in [6.45, 7) is 5.87. The molecule has 1 unspecified atom stereocenters. The zero-order valence-electron chi connectivity index (χ0n) is 9.83. The lowest BCUT2D eigenvalue weighted by Crippen LogP contribution is -2.33. The molecule has 1 aromatic rings. The molecule has 0 aromatic heterocycles. The van der Waals surface area contributed by atoms with Crippen LogP contribution in [0.2, 0.25) is 5.02 Å². The first kappa shape index (κ1) is 13.7. The lowest BCUT2D eigenvalue weighted by Gasteiger charge is -2.27. The van der Waals surface area contributed by atoms with Gasteiger partial charge in [0.05, 0.1) is 16.3 Å². The molecule has 2 nitrogen and oxygen atoms in total. The smallest absolute Gasteiger partial charge is 0.0736 e. The summed E-state index contributed by atoms with van der Waals surface area (Å²) in [5.41, 5.74) is 5.55. The minimum absolute atomic E-state index is 0.226. The number of anilines is 1. The molecule has 0 aliphatic carbocycles. The maximum absolute atomic E-state index is 10.1. The molecule has 16 heavy (non-hydrogen) atoms. The quantitative estimate of drug-likeness (QED) is 0.643. The molecule has 0 radical (unpaired) electrons. The number of aliphatic hydroxyl groups is 1. The summed E-state index contributed by atoms with van der Waals surface area (Å²) < 4.78 is 0. The van der Waals surface area contributed by atoms with Crippen LogP contribution in [0, 0.1) is 5.92 Å². The number of rotatable bonds is 4. The van der Waals surface area contributed by atoms with Gasteiger partial charge < -0.3 is 10.8 Å². The molecule has 0 heterocycles. The zero-order valence-corrected chi connectivity index (χ0v) is 11.4. The topological polar surface area (TPSA) is 46.2 Å². The van der Waals surface area contributed by atoms with Crippen molar-refractivity contribution in [3.8, 4) is 0 Å². The van der Waals surface area contributed by atoms with E-state index in [1.165, 1.54) is 0 Å². The summed E-state index contributed by atoms with van der Waals surface area (Å²) >= 11 is 7.51. The average Bonchev–Trinajstić information content (AvgIpc) is 2.20. The largest absolute Gasteiger partial charge is 0.398 e. The lowest BCUT2D eigenvalue weighted by atomic mass is 9.95. The van der Waals surface area contributed by atoms with Gasteiger partial charge in [0.15, 0.2) is 0 Å². The van der Waals surface area contributed by atoms with E-state index in [4.69, 9.17) is 17.3 Å². The van der Waals surface area contributed by atoms with Crippen LogP contribution in [0.1, 0.15) is 20.8 Å². The van der Waals surface area contributed by atoms with Gasteiger partial charge in [-0.3, -0.25) is 0 Å². The van der Waals surface area contributed by atoms with Crippen molar-refractivity contribution < 1.29 is 5.11 Å². The molecule has 0 amide bonds. The highest BCUT2D eigenvalue weighted by molar-refractivity contribution is 7.99. The molecular formula is C12H18ClNOS. The van der Waals surface area contributed by atoms with Crippen LogP contribution >= 0.6 is 23.4 Å². The zero-order chi connectivity index (χ0) is 12.3. The first-order valence-corrected chi connectivity index (χ1v) is 6.59. The van der Waals surface area contributed by atoms with Crippen molar-refractivity contribution in [1.29, 1.82) is 0 Å². The van der Waals surface area contributed by atoms with E-state index in [-0.39, 0.29) is 5.92 Å². The van der Waals surface area contributed by atoms with Gasteiger partial charge in [-0.25, -0.2) is 0 Å². The Kier molecular flexibility index (Phi) is 4.53. The van der Waals surface area contributed by atoms with Gasteiger partial charge in [0.25, 0.3) is 0 Å². The minimum Gasteiger partial charge on any atom is -0.398 e. The standard InChI is InChI=1S/C12H18ClNOS/c1-8(2)12(3,15)7-16-9-4-5-11(14)10(13)6-9/h4-6,8,15H,7,14H2,1-3H3. The first-order valence-electron chi connectivity index (χ1n) is 5.23. The number of halogens is 1. The van der Waals surface area contributed by atoms with Gasteiger partial charge in [0.1, 0.15) is 0 Å². The summed E-state index contributed by atoms with van der Waals surface area (Å²) in [5.74, 6) is 0.870. The number of hydrogen-bond donors (Lipinski definition) is 2. The molecular weight excluding hydrogens is 242 g/mol. The molecule has 1 rings (SSSR count). The van der Waals surface area contributed by atoms with E-state index in [2.05, 4.69) is 0 Å². The fraction of sp³-hybridized carbons (Fsp3) is 0.500. The highest BCUT2D eigenvalue weighted by atomic mass is 35.5.